The fourth-order valence-electron chi connectivity index (χ4n) is 3.84. The highest BCUT2D eigenvalue weighted by Gasteiger charge is 2.45. The Balaban J connectivity index is 1.59. The van der Waals surface area contributed by atoms with E-state index in [0.717, 1.165) is 6.07 Å². The van der Waals surface area contributed by atoms with Crippen LogP contribution in [0.1, 0.15) is 17.2 Å². The molecule has 0 spiro atoms. The largest absolute Gasteiger partial charge is 0.508 e. The lowest BCUT2D eigenvalue weighted by Crippen LogP contribution is -2.60. The van der Waals surface area contributed by atoms with Gasteiger partial charge in [-0.25, -0.2) is 0 Å². The molecule has 8 N–H and O–H groups in total. The highest BCUT2D eigenvalue weighted by molar-refractivity contribution is 5.52. The molecule has 2 aromatic carbocycles. The number of fused-ring (bicyclic) bond motifs is 1. The van der Waals surface area contributed by atoms with Crippen molar-refractivity contribution >= 4 is 0 Å². The summed E-state index contributed by atoms with van der Waals surface area (Å²) in [7, 11) is 0. The molecule has 0 radical (unpaired) electrons. The molecule has 0 amide bonds. The minimum Gasteiger partial charge on any atom is -0.508 e. The van der Waals surface area contributed by atoms with Crippen LogP contribution in [0.3, 0.4) is 0 Å². The van der Waals surface area contributed by atoms with Gasteiger partial charge in [0.1, 0.15) is 47.8 Å². The van der Waals surface area contributed by atoms with Crippen molar-refractivity contribution in [1.82, 2.24) is 0 Å². The Morgan fingerprint density at radius 3 is 2.38 bits per heavy atom. The van der Waals surface area contributed by atoms with E-state index >= 15 is 0 Å². The lowest BCUT2D eigenvalue weighted by molar-refractivity contribution is -0.277. The second kappa shape index (κ2) is 8.62. The number of rotatable bonds is 4. The molecule has 1 saturated heterocycles. The lowest BCUT2D eigenvalue weighted by Gasteiger charge is -2.39. The Labute approximate surface area is 181 Å². The number of benzene rings is 2. The Morgan fingerprint density at radius 1 is 0.906 bits per heavy atom. The third-order valence-corrected chi connectivity index (χ3v) is 5.59. The van der Waals surface area contributed by atoms with Gasteiger partial charge in [0.25, 0.3) is 0 Å². The second-order valence-corrected chi connectivity index (χ2v) is 7.79. The maximum absolute atomic E-state index is 10.6. The SMILES string of the molecule is OC[C@H]1OC(Oc2cc(C3Oc4cc(O)cc(O)c4CC3O)ccc2O)[C@H](O)[C@@H](O)[C@@H]1O. The van der Waals surface area contributed by atoms with Crippen LogP contribution in [-0.4, -0.2) is 84.3 Å². The maximum Gasteiger partial charge on any atom is 0.229 e. The van der Waals surface area contributed by atoms with Gasteiger partial charge < -0.3 is 55.1 Å². The predicted octanol–water partition coefficient (Wildman–Crippen LogP) is -0.981. The predicted molar refractivity (Wildman–Crippen MR) is 105 cm³/mol. The van der Waals surface area contributed by atoms with E-state index in [1.54, 1.807) is 0 Å². The Hall–Kier alpha value is -2.80. The van der Waals surface area contributed by atoms with Crippen molar-refractivity contribution in [3.8, 4) is 28.7 Å². The lowest BCUT2D eigenvalue weighted by atomic mass is 9.94. The topological polar surface area (TPSA) is 190 Å². The zero-order valence-electron chi connectivity index (χ0n) is 16.6. The summed E-state index contributed by atoms with van der Waals surface area (Å²) in [5.41, 5.74) is 0.700. The Kier molecular flexibility index (Phi) is 6.03. The van der Waals surface area contributed by atoms with E-state index in [1.807, 2.05) is 0 Å². The summed E-state index contributed by atoms with van der Waals surface area (Å²) in [5.74, 6) is -0.759. The number of hydrogen-bond acceptors (Lipinski definition) is 11. The number of phenols is 3. The van der Waals surface area contributed by atoms with Crippen molar-refractivity contribution < 1.29 is 55.1 Å². The molecule has 0 aromatic heterocycles. The average molecular weight is 452 g/mol. The standard InChI is InChI=1S/C21H24O11/c22-7-16-17(27)18(28)19(29)21(32-16)31-15-3-8(1-2-11(15)24)20-13(26)6-10-12(25)4-9(23)5-14(10)30-20/h1-5,13,16-29H,6-7H2/t13?,16-,17-,18+,19-,20?,21?/m1/s1. The number of hydrogen-bond donors (Lipinski definition) is 8. The van der Waals surface area contributed by atoms with E-state index in [-0.39, 0.29) is 35.2 Å². The fraction of sp³-hybridized carbons (Fsp3) is 0.429. The number of aromatic hydroxyl groups is 3. The monoisotopic (exact) mass is 452 g/mol. The number of phenolic OH excluding ortho intramolecular Hbond substituents is 3. The zero-order chi connectivity index (χ0) is 23.2. The van der Waals surface area contributed by atoms with Gasteiger partial charge in [-0.1, -0.05) is 6.07 Å². The second-order valence-electron chi connectivity index (χ2n) is 7.79. The van der Waals surface area contributed by atoms with E-state index < -0.39 is 49.5 Å². The minimum atomic E-state index is -1.68. The molecule has 11 nitrogen and oxygen atoms in total. The molecule has 2 aliphatic rings. The van der Waals surface area contributed by atoms with Crippen LogP contribution in [-0.2, 0) is 11.2 Å². The molecule has 0 saturated carbocycles. The van der Waals surface area contributed by atoms with Gasteiger partial charge in [-0.2, -0.15) is 0 Å². The van der Waals surface area contributed by atoms with Gasteiger partial charge in [0.05, 0.1) is 12.7 Å². The van der Waals surface area contributed by atoms with E-state index in [1.165, 1.54) is 24.3 Å². The van der Waals surface area contributed by atoms with Gasteiger partial charge in [-0.05, 0) is 17.7 Å². The first kappa shape index (κ1) is 22.4. The van der Waals surface area contributed by atoms with Crippen LogP contribution in [0.4, 0.5) is 0 Å². The maximum atomic E-state index is 10.6. The molecule has 0 bridgehead atoms. The third kappa shape index (κ3) is 4.01. The zero-order valence-corrected chi connectivity index (χ0v) is 16.6. The highest BCUT2D eigenvalue weighted by Crippen LogP contribution is 2.43. The van der Waals surface area contributed by atoms with Crippen molar-refractivity contribution in [2.75, 3.05) is 6.61 Å². The Morgan fingerprint density at radius 2 is 1.66 bits per heavy atom. The van der Waals surface area contributed by atoms with Crippen molar-refractivity contribution in [2.45, 2.75) is 49.3 Å². The molecular formula is C21H24O11. The van der Waals surface area contributed by atoms with Crippen molar-refractivity contribution in [2.24, 2.45) is 0 Å². The summed E-state index contributed by atoms with van der Waals surface area (Å²) < 4.78 is 16.6. The normalized spacial score (nSPS) is 32.1. The van der Waals surface area contributed by atoms with Gasteiger partial charge in [0.15, 0.2) is 11.5 Å². The molecule has 3 unspecified atom stereocenters. The smallest absolute Gasteiger partial charge is 0.229 e. The third-order valence-electron chi connectivity index (χ3n) is 5.59. The average Bonchev–Trinajstić information content (AvgIpc) is 2.75. The molecule has 7 atom stereocenters. The molecule has 174 valence electrons. The molecule has 4 rings (SSSR count). The molecule has 1 fully saturated rings. The molecular weight excluding hydrogens is 428 g/mol. The van der Waals surface area contributed by atoms with Crippen LogP contribution in [0.2, 0.25) is 0 Å². The summed E-state index contributed by atoms with van der Waals surface area (Å²) >= 11 is 0. The van der Waals surface area contributed by atoms with Crippen LogP contribution in [0, 0.1) is 0 Å². The summed E-state index contributed by atoms with van der Waals surface area (Å²) in [6.45, 7) is -0.641. The molecule has 2 aromatic rings. The van der Waals surface area contributed by atoms with Crippen molar-refractivity contribution in [3.63, 3.8) is 0 Å². The van der Waals surface area contributed by atoms with Crippen molar-refractivity contribution in [3.05, 3.63) is 41.5 Å². The van der Waals surface area contributed by atoms with Gasteiger partial charge in [-0.15, -0.1) is 0 Å². The molecule has 0 aliphatic carbocycles. The number of aliphatic hydroxyl groups excluding tert-OH is 5. The van der Waals surface area contributed by atoms with Gasteiger partial charge >= 0.3 is 0 Å². The molecule has 2 aliphatic heterocycles. The summed E-state index contributed by atoms with van der Waals surface area (Å²) in [6, 6.07) is 6.51. The summed E-state index contributed by atoms with van der Waals surface area (Å²) in [5, 5.41) is 79.7. The summed E-state index contributed by atoms with van der Waals surface area (Å²) in [4.78, 5) is 0. The van der Waals surface area contributed by atoms with E-state index in [0.29, 0.717) is 11.1 Å². The first-order chi connectivity index (χ1) is 15.2. The fourth-order valence-corrected chi connectivity index (χ4v) is 3.84. The van der Waals surface area contributed by atoms with Crippen LogP contribution in [0.5, 0.6) is 28.7 Å². The van der Waals surface area contributed by atoms with Crippen LogP contribution >= 0.6 is 0 Å². The van der Waals surface area contributed by atoms with E-state index in [2.05, 4.69) is 0 Å². The van der Waals surface area contributed by atoms with Gasteiger partial charge in [0, 0.05) is 24.1 Å². The molecule has 11 heteroatoms. The van der Waals surface area contributed by atoms with E-state index in [9.17, 15) is 40.9 Å². The molecule has 32 heavy (non-hydrogen) atoms. The van der Waals surface area contributed by atoms with Crippen molar-refractivity contribution in [1.29, 1.82) is 0 Å². The Bertz CT molecular complexity index is 978. The van der Waals surface area contributed by atoms with Crippen LogP contribution < -0.4 is 9.47 Å². The highest BCUT2D eigenvalue weighted by atomic mass is 16.7. The first-order valence-electron chi connectivity index (χ1n) is 9.89. The van der Waals surface area contributed by atoms with Crippen LogP contribution in [0.25, 0.3) is 0 Å². The van der Waals surface area contributed by atoms with Crippen LogP contribution in [0.15, 0.2) is 30.3 Å². The van der Waals surface area contributed by atoms with Gasteiger partial charge in [-0.3, -0.25) is 0 Å². The summed E-state index contributed by atoms with van der Waals surface area (Å²) in [6.07, 6.45) is -9.59. The van der Waals surface area contributed by atoms with Gasteiger partial charge in [0.2, 0.25) is 6.29 Å². The van der Waals surface area contributed by atoms with E-state index in [4.69, 9.17) is 14.2 Å². The number of ether oxygens (including phenoxy) is 3. The number of aliphatic hydroxyl groups is 5. The quantitative estimate of drug-likeness (QED) is 0.285. The minimum absolute atomic E-state index is 0.0376. The molecule has 2 heterocycles. The first-order valence-corrected chi connectivity index (χ1v) is 9.89.